The third-order valence-corrected chi connectivity index (χ3v) is 3.00. The quantitative estimate of drug-likeness (QED) is 0.742. The fourth-order valence-corrected chi connectivity index (χ4v) is 2.22. The van der Waals surface area contributed by atoms with Crippen LogP contribution in [0, 0.1) is 0 Å². The fourth-order valence-electron chi connectivity index (χ4n) is 2.22. The molecular formula is C11H8N2O4. The van der Waals surface area contributed by atoms with Crippen LogP contribution >= 0.6 is 0 Å². The lowest BCUT2D eigenvalue weighted by molar-refractivity contribution is 0.0695. The molecule has 2 aromatic rings. The van der Waals surface area contributed by atoms with Gasteiger partial charge in [-0.1, -0.05) is 0 Å². The van der Waals surface area contributed by atoms with Crippen molar-refractivity contribution in [2.45, 2.75) is 13.1 Å². The van der Waals surface area contributed by atoms with Crippen LogP contribution in [0.3, 0.4) is 0 Å². The average Bonchev–Trinajstić information content (AvgIpc) is 2.70. The smallest absolute Gasteiger partial charge is 0.341 e. The predicted octanol–water partition coefficient (Wildman–Crippen LogP) is -0.125. The number of pyridine rings is 2. The lowest BCUT2D eigenvalue weighted by atomic mass is 10.2. The number of carboxylic acids is 1. The molecule has 0 aromatic carbocycles. The van der Waals surface area contributed by atoms with Gasteiger partial charge in [-0.05, 0) is 6.07 Å². The summed E-state index contributed by atoms with van der Waals surface area (Å²) in [5, 5.41) is 9.21. The minimum Gasteiger partial charge on any atom is -0.477 e. The van der Waals surface area contributed by atoms with Gasteiger partial charge in [-0.15, -0.1) is 0 Å². The molecule has 1 aliphatic heterocycles. The first-order chi connectivity index (χ1) is 8.09. The van der Waals surface area contributed by atoms with E-state index in [0.29, 0.717) is 18.7 Å². The van der Waals surface area contributed by atoms with E-state index in [1.165, 1.54) is 22.9 Å². The molecule has 0 aliphatic carbocycles. The first kappa shape index (κ1) is 9.83. The first-order valence-electron chi connectivity index (χ1n) is 5.10. The zero-order chi connectivity index (χ0) is 12.2. The van der Waals surface area contributed by atoms with Crippen LogP contribution in [0.2, 0.25) is 0 Å². The highest BCUT2D eigenvalue weighted by Gasteiger charge is 2.20. The summed E-state index contributed by atoms with van der Waals surface area (Å²) in [5.74, 6) is -1.25. The number of carboxylic acid groups (broad SMARTS) is 1. The summed E-state index contributed by atoms with van der Waals surface area (Å²) >= 11 is 0. The van der Waals surface area contributed by atoms with E-state index < -0.39 is 11.4 Å². The van der Waals surface area contributed by atoms with Gasteiger partial charge < -0.3 is 9.67 Å². The van der Waals surface area contributed by atoms with Crippen molar-refractivity contribution in [2.24, 2.45) is 0 Å². The van der Waals surface area contributed by atoms with Crippen molar-refractivity contribution >= 4 is 17.0 Å². The maximum absolute atomic E-state index is 11.9. The van der Waals surface area contributed by atoms with E-state index in [0.717, 1.165) is 0 Å². The van der Waals surface area contributed by atoms with Gasteiger partial charge in [0.05, 0.1) is 5.39 Å². The Bertz CT molecular complexity index is 769. The van der Waals surface area contributed by atoms with Crippen molar-refractivity contribution in [3.05, 3.63) is 44.5 Å². The Labute approximate surface area is 94.3 Å². The van der Waals surface area contributed by atoms with Crippen molar-refractivity contribution in [3.8, 4) is 0 Å². The summed E-state index contributed by atoms with van der Waals surface area (Å²) in [4.78, 5) is 34.4. The Morgan fingerprint density at radius 3 is 2.71 bits per heavy atom. The Kier molecular flexibility index (Phi) is 1.77. The maximum atomic E-state index is 11.9. The standard InChI is InChI=1S/C11H8N2O4/c14-8-2-1-6-9(15)7(11(16)17)5-12-3-4-13(8)10(6)12/h1-2,5H,3-4H2,(H,16,17). The van der Waals surface area contributed by atoms with E-state index in [-0.39, 0.29) is 16.5 Å². The van der Waals surface area contributed by atoms with E-state index in [1.807, 2.05) is 0 Å². The van der Waals surface area contributed by atoms with Gasteiger partial charge in [0.2, 0.25) is 5.43 Å². The van der Waals surface area contributed by atoms with E-state index >= 15 is 0 Å². The predicted molar refractivity (Wildman–Crippen MR) is 59.4 cm³/mol. The highest BCUT2D eigenvalue weighted by molar-refractivity contribution is 5.91. The molecule has 0 bridgehead atoms. The van der Waals surface area contributed by atoms with Crippen LogP contribution in [0.5, 0.6) is 0 Å². The number of hydrogen-bond acceptors (Lipinski definition) is 3. The number of aromatic carboxylic acids is 1. The highest BCUT2D eigenvalue weighted by Crippen LogP contribution is 2.15. The van der Waals surface area contributed by atoms with Crippen molar-refractivity contribution in [1.82, 2.24) is 9.13 Å². The number of aryl methyl sites for hydroxylation is 2. The molecule has 0 spiro atoms. The second-order valence-corrected chi connectivity index (χ2v) is 3.93. The van der Waals surface area contributed by atoms with Crippen molar-refractivity contribution in [3.63, 3.8) is 0 Å². The van der Waals surface area contributed by atoms with Gasteiger partial charge in [-0.25, -0.2) is 4.79 Å². The van der Waals surface area contributed by atoms with Gasteiger partial charge in [0.25, 0.3) is 5.56 Å². The van der Waals surface area contributed by atoms with Crippen LogP contribution < -0.4 is 11.0 Å². The number of carbonyl (C=O) groups is 1. The zero-order valence-corrected chi connectivity index (χ0v) is 8.71. The van der Waals surface area contributed by atoms with Crippen LogP contribution in [0.4, 0.5) is 0 Å². The molecule has 0 saturated heterocycles. The number of nitrogens with zero attached hydrogens (tertiary/aromatic N) is 2. The minimum atomic E-state index is -1.25. The summed E-state index contributed by atoms with van der Waals surface area (Å²) in [6.07, 6.45) is 1.30. The molecule has 3 heterocycles. The summed E-state index contributed by atoms with van der Waals surface area (Å²) in [5.41, 5.74) is -0.470. The van der Waals surface area contributed by atoms with Crippen LogP contribution in [0.15, 0.2) is 27.9 Å². The van der Waals surface area contributed by atoms with Gasteiger partial charge in [0, 0.05) is 25.4 Å². The van der Waals surface area contributed by atoms with Crippen LogP contribution in [0.25, 0.3) is 11.0 Å². The van der Waals surface area contributed by atoms with Crippen molar-refractivity contribution in [2.75, 3.05) is 0 Å². The Morgan fingerprint density at radius 1 is 1.24 bits per heavy atom. The van der Waals surface area contributed by atoms with Gasteiger partial charge in [0.1, 0.15) is 11.2 Å². The molecule has 0 amide bonds. The third-order valence-electron chi connectivity index (χ3n) is 3.00. The normalized spacial score (nSPS) is 13.2. The molecule has 1 N–H and O–H groups in total. The first-order valence-corrected chi connectivity index (χ1v) is 5.10. The lowest BCUT2D eigenvalue weighted by Crippen LogP contribution is -2.21. The molecule has 3 rings (SSSR count). The largest absolute Gasteiger partial charge is 0.477 e. The Morgan fingerprint density at radius 2 is 2.00 bits per heavy atom. The monoisotopic (exact) mass is 232 g/mol. The summed E-state index contributed by atoms with van der Waals surface area (Å²) < 4.78 is 3.13. The molecule has 0 atom stereocenters. The van der Waals surface area contributed by atoms with Crippen molar-refractivity contribution < 1.29 is 9.90 Å². The average molecular weight is 232 g/mol. The number of aromatic nitrogens is 2. The van der Waals surface area contributed by atoms with E-state index in [4.69, 9.17) is 5.11 Å². The van der Waals surface area contributed by atoms with Crippen LogP contribution in [-0.4, -0.2) is 20.2 Å². The molecule has 1 aliphatic rings. The molecule has 86 valence electrons. The van der Waals surface area contributed by atoms with Crippen LogP contribution in [-0.2, 0) is 13.1 Å². The van der Waals surface area contributed by atoms with Gasteiger partial charge >= 0.3 is 5.97 Å². The van der Waals surface area contributed by atoms with Gasteiger partial charge in [-0.3, -0.25) is 14.2 Å². The van der Waals surface area contributed by atoms with E-state index in [9.17, 15) is 14.4 Å². The van der Waals surface area contributed by atoms with E-state index in [2.05, 4.69) is 0 Å². The molecule has 0 saturated carbocycles. The number of hydrogen-bond donors (Lipinski definition) is 1. The third kappa shape index (κ3) is 1.17. The van der Waals surface area contributed by atoms with Gasteiger partial charge in [0.15, 0.2) is 0 Å². The summed E-state index contributed by atoms with van der Waals surface area (Å²) in [6.45, 7) is 0.981. The Balaban J connectivity index is 2.58. The SMILES string of the molecule is O=C(O)c1cn2c3c(ccc(=O)n3CC2)c1=O. The molecule has 17 heavy (non-hydrogen) atoms. The summed E-state index contributed by atoms with van der Waals surface area (Å²) in [7, 11) is 0. The second kappa shape index (κ2) is 3.07. The minimum absolute atomic E-state index is 0.175. The molecular weight excluding hydrogens is 224 g/mol. The van der Waals surface area contributed by atoms with E-state index in [1.54, 1.807) is 4.57 Å². The molecule has 0 radical (unpaired) electrons. The number of rotatable bonds is 1. The molecule has 0 fully saturated rings. The lowest BCUT2D eigenvalue weighted by Gasteiger charge is -2.05. The molecule has 6 nitrogen and oxygen atoms in total. The van der Waals surface area contributed by atoms with Gasteiger partial charge in [-0.2, -0.15) is 0 Å². The van der Waals surface area contributed by atoms with Crippen LogP contribution in [0.1, 0.15) is 10.4 Å². The second-order valence-electron chi connectivity index (χ2n) is 3.93. The van der Waals surface area contributed by atoms with Crippen molar-refractivity contribution in [1.29, 1.82) is 0 Å². The zero-order valence-electron chi connectivity index (χ0n) is 8.71. The maximum Gasteiger partial charge on any atom is 0.341 e. The molecule has 6 heteroatoms. The Hall–Kier alpha value is -2.37. The molecule has 2 aromatic heterocycles. The highest BCUT2D eigenvalue weighted by atomic mass is 16.4. The fraction of sp³-hybridized carbons (Fsp3) is 0.182. The molecule has 0 unspecified atom stereocenters. The summed E-state index contributed by atoms with van der Waals surface area (Å²) in [6, 6.07) is 2.69. The topological polar surface area (TPSA) is 81.3 Å².